The average Bonchev–Trinajstić information content (AvgIpc) is 3.02. The number of cyclic esters (lactones) is 1. The molecule has 2 heterocycles. The van der Waals surface area contributed by atoms with Gasteiger partial charge in [-0.3, -0.25) is 9.78 Å². The molecule has 154 valence electrons. The second kappa shape index (κ2) is 9.07. The number of aromatic nitrogens is 1. The van der Waals surface area contributed by atoms with Gasteiger partial charge in [-0.15, -0.1) is 0 Å². The van der Waals surface area contributed by atoms with E-state index in [9.17, 15) is 9.59 Å². The van der Waals surface area contributed by atoms with Crippen molar-refractivity contribution in [1.29, 1.82) is 0 Å². The Kier molecular flexibility index (Phi) is 6.52. The van der Waals surface area contributed by atoms with E-state index >= 15 is 0 Å². The normalized spacial score (nSPS) is 20.0. The molecule has 0 aliphatic carbocycles. The fourth-order valence-electron chi connectivity index (χ4n) is 3.49. The van der Waals surface area contributed by atoms with Crippen molar-refractivity contribution in [2.24, 2.45) is 5.92 Å². The monoisotopic (exact) mass is 396 g/mol. The van der Waals surface area contributed by atoms with E-state index in [0.29, 0.717) is 19.3 Å². The van der Waals surface area contributed by atoms with Crippen molar-refractivity contribution >= 4 is 12.1 Å². The number of amides is 1. The molecular formula is C23H28N2O4. The quantitative estimate of drug-likeness (QED) is 0.754. The Morgan fingerprint density at radius 1 is 1.17 bits per heavy atom. The van der Waals surface area contributed by atoms with Crippen LogP contribution in [0.4, 0.5) is 4.79 Å². The molecule has 3 atom stereocenters. The van der Waals surface area contributed by atoms with Gasteiger partial charge in [0.25, 0.3) is 0 Å². The number of nitrogens with one attached hydrogen (secondary N) is 1. The van der Waals surface area contributed by atoms with Gasteiger partial charge in [-0.2, -0.15) is 0 Å². The number of esters is 1. The molecule has 1 aromatic heterocycles. The predicted molar refractivity (Wildman–Crippen MR) is 109 cm³/mol. The maximum atomic E-state index is 12.5. The molecule has 3 rings (SSSR count). The van der Waals surface area contributed by atoms with E-state index in [1.54, 1.807) is 12.4 Å². The van der Waals surface area contributed by atoms with Crippen molar-refractivity contribution < 1.29 is 19.1 Å². The molecule has 1 aliphatic rings. The number of hydrogen-bond acceptors (Lipinski definition) is 5. The predicted octanol–water partition coefficient (Wildman–Crippen LogP) is 3.69. The molecular weight excluding hydrogens is 368 g/mol. The fourth-order valence-corrected chi connectivity index (χ4v) is 3.49. The van der Waals surface area contributed by atoms with E-state index in [4.69, 9.17) is 9.47 Å². The molecule has 1 fully saturated rings. The van der Waals surface area contributed by atoms with Crippen molar-refractivity contribution in [2.75, 3.05) is 0 Å². The first-order valence-electron chi connectivity index (χ1n) is 9.93. The summed E-state index contributed by atoms with van der Waals surface area (Å²) in [5, 5.41) is 2.92. The van der Waals surface area contributed by atoms with E-state index in [1.165, 1.54) is 0 Å². The van der Waals surface area contributed by atoms with E-state index in [-0.39, 0.29) is 17.9 Å². The number of nitrogens with zero attached hydrogens (tertiary/aromatic N) is 1. The minimum Gasteiger partial charge on any atom is -0.460 e. The summed E-state index contributed by atoms with van der Waals surface area (Å²) in [6, 6.07) is 13.3. The molecule has 1 amide bonds. The summed E-state index contributed by atoms with van der Waals surface area (Å²) in [4.78, 5) is 28.9. The second-order valence-corrected chi connectivity index (χ2v) is 8.41. The van der Waals surface area contributed by atoms with Crippen LogP contribution in [0.5, 0.6) is 0 Å². The lowest BCUT2D eigenvalue weighted by Crippen LogP contribution is -2.46. The first-order chi connectivity index (χ1) is 13.8. The SMILES string of the molecule is CC(C)(C)OC(=O)N[C@@H](Cc1ccccc1)C1CC(Cc2ccncc2)C(=O)O1. The smallest absolute Gasteiger partial charge is 0.408 e. The highest BCUT2D eigenvalue weighted by molar-refractivity contribution is 5.75. The molecule has 1 aromatic carbocycles. The van der Waals surface area contributed by atoms with Gasteiger partial charge in [0.05, 0.1) is 12.0 Å². The van der Waals surface area contributed by atoms with Crippen molar-refractivity contribution in [1.82, 2.24) is 10.3 Å². The van der Waals surface area contributed by atoms with E-state index in [2.05, 4.69) is 10.3 Å². The zero-order chi connectivity index (χ0) is 20.9. The Labute approximate surface area is 171 Å². The highest BCUT2D eigenvalue weighted by atomic mass is 16.6. The van der Waals surface area contributed by atoms with Crippen LogP contribution < -0.4 is 5.32 Å². The Morgan fingerprint density at radius 2 is 1.86 bits per heavy atom. The summed E-state index contributed by atoms with van der Waals surface area (Å²) >= 11 is 0. The van der Waals surface area contributed by atoms with Gasteiger partial charge in [0.2, 0.25) is 0 Å². The molecule has 1 N–H and O–H groups in total. The summed E-state index contributed by atoms with van der Waals surface area (Å²) in [7, 11) is 0. The third-order valence-electron chi connectivity index (χ3n) is 4.80. The average molecular weight is 396 g/mol. The van der Waals surface area contributed by atoms with Crippen LogP contribution in [0.2, 0.25) is 0 Å². The molecule has 6 heteroatoms. The van der Waals surface area contributed by atoms with Gasteiger partial charge >= 0.3 is 12.1 Å². The molecule has 0 saturated carbocycles. The fraction of sp³-hybridized carbons (Fsp3) is 0.435. The summed E-state index contributed by atoms with van der Waals surface area (Å²) in [6.07, 6.45) is 4.23. The number of pyridine rings is 1. The summed E-state index contributed by atoms with van der Waals surface area (Å²) in [5.74, 6) is -0.461. The Balaban J connectivity index is 1.71. The topological polar surface area (TPSA) is 77.5 Å². The zero-order valence-corrected chi connectivity index (χ0v) is 17.1. The molecule has 6 nitrogen and oxygen atoms in total. The van der Waals surface area contributed by atoms with Crippen LogP contribution in [0.25, 0.3) is 0 Å². The lowest BCUT2D eigenvalue weighted by Gasteiger charge is -2.26. The van der Waals surface area contributed by atoms with Crippen LogP contribution in [-0.2, 0) is 27.1 Å². The van der Waals surface area contributed by atoms with Crippen LogP contribution in [0.1, 0.15) is 38.3 Å². The second-order valence-electron chi connectivity index (χ2n) is 8.41. The number of alkyl carbamates (subject to hydrolysis) is 1. The summed E-state index contributed by atoms with van der Waals surface area (Å²) in [5.41, 5.74) is 1.50. The van der Waals surface area contributed by atoms with Gasteiger partial charge in [0.1, 0.15) is 11.7 Å². The number of ether oxygens (including phenoxy) is 2. The van der Waals surface area contributed by atoms with Gasteiger partial charge in [-0.05, 0) is 56.9 Å². The van der Waals surface area contributed by atoms with Gasteiger partial charge in [-0.1, -0.05) is 30.3 Å². The number of rotatable bonds is 6. The van der Waals surface area contributed by atoms with Crippen molar-refractivity contribution in [3.63, 3.8) is 0 Å². The van der Waals surface area contributed by atoms with Crippen LogP contribution in [0.3, 0.4) is 0 Å². The van der Waals surface area contributed by atoms with Crippen LogP contribution in [0.15, 0.2) is 54.9 Å². The molecule has 0 radical (unpaired) electrons. The first kappa shape index (κ1) is 20.8. The van der Waals surface area contributed by atoms with Crippen LogP contribution in [-0.4, -0.2) is 34.8 Å². The van der Waals surface area contributed by atoms with Crippen molar-refractivity contribution in [3.8, 4) is 0 Å². The minimum absolute atomic E-state index is 0.226. The van der Waals surface area contributed by atoms with E-state index in [1.807, 2.05) is 63.2 Å². The van der Waals surface area contributed by atoms with Crippen molar-refractivity contribution in [2.45, 2.75) is 57.8 Å². The van der Waals surface area contributed by atoms with Crippen molar-refractivity contribution in [3.05, 3.63) is 66.0 Å². The summed E-state index contributed by atoms with van der Waals surface area (Å²) in [6.45, 7) is 5.46. The largest absolute Gasteiger partial charge is 0.460 e. The zero-order valence-electron chi connectivity index (χ0n) is 17.1. The maximum absolute atomic E-state index is 12.5. The molecule has 2 aromatic rings. The Morgan fingerprint density at radius 3 is 2.52 bits per heavy atom. The number of benzene rings is 1. The summed E-state index contributed by atoms with van der Waals surface area (Å²) < 4.78 is 11.1. The van der Waals surface area contributed by atoms with Crippen LogP contribution in [0, 0.1) is 5.92 Å². The third-order valence-corrected chi connectivity index (χ3v) is 4.80. The number of carbonyl (C=O) groups excluding carboxylic acids is 2. The van der Waals surface area contributed by atoms with E-state index < -0.39 is 17.8 Å². The number of hydrogen-bond donors (Lipinski definition) is 1. The molecule has 1 saturated heterocycles. The molecule has 2 unspecified atom stereocenters. The van der Waals surface area contributed by atoms with Gasteiger partial charge in [0.15, 0.2) is 0 Å². The molecule has 0 spiro atoms. The molecule has 1 aliphatic heterocycles. The number of carbonyl (C=O) groups is 2. The lowest BCUT2D eigenvalue weighted by atomic mass is 9.92. The highest BCUT2D eigenvalue weighted by Gasteiger charge is 2.40. The molecule has 0 bridgehead atoms. The van der Waals surface area contributed by atoms with Gasteiger partial charge in [0, 0.05) is 18.8 Å². The van der Waals surface area contributed by atoms with Crippen LogP contribution >= 0.6 is 0 Å². The Hall–Kier alpha value is -2.89. The standard InChI is InChI=1S/C23H28N2O4/c1-23(2,3)29-22(27)25-19(14-16-7-5-4-6-8-16)20-15-18(21(26)28-20)13-17-9-11-24-12-10-17/h4-12,18-20H,13-15H2,1-3H3,(H,25,27)/t18?,19-,20?/m0/s1. The highest BCUT2D eigenvalue weighted by Crippen LogP contribution is 2.28. The Bertz CT molecular complexity index is 818. The lowest BCUT2D eigenvalue weighted by molar-refractivity contribution is -0.145. The van der Waals surface area contributed by atoms with Gasteiger partial charge < -0.3 is 14.8 Å². The van der Waals surface area contributed by atoms with Gasteiger partial charge in [-0.25, -0.2) is 4.79 Å². The third kappa shape index (κ3) is 6.31. The molecule has 29 heavy (non-hydrogen) atoms. The maximum Gasteiger partial charge on any atom is 0.408 e. The first-order valence-corrected chi connectivity index (χ1v) is 9.93. The van der Waals surface area contributed by atoms with E-state index in [0.717, 1.165) is 11.1 Å². The minimum atomic E-state index is -0.600.